The molecule has 0 aliphatic carbocycles. The quantitative estimate of drug-likeness (QED) is 0.465. The fourth-order valence-corrected chi connectivity index (χ4v) is 3.03. The summed E-state index contributed by atoms with van der Waals surface area (Å²) in [5.41, 5.74) is 2.43. The minimum absolute atomic E-state index is 0.160. The van der Waals surface area contributed by atoms with Gasteiger partial charge in [-0.1, -0.05) is 60.7 Å². The number of nitrogens with one attached hydrogen (secondary N) is 1. The molecule has 4 aromatic carbocycles. The monoisotopic (exact) mass is 366 g/mol. The van der Waals surface area contributed by atoms with Crippen LogP contribution in [-0.4, -0.2) is 17.2 Å². The molecule has 0 aliphatic heterocycles. The number of nitrogens with zero attached hydrogens (tertiary/aromatic N) is 1. The molecule has 0 atom stereocenters. The third-order valence-corrected chi connectivity index (χ3v) is 4.47. The number of carbonyl (C=O) groups is 1. The Morgan fingerprint density at radius 3 is 2.39 bits per heavy atom. The van der Waals surface area contributed by atoms with E-state index in [-0.39, 0.29) is 11.7 Å². The molecule has 4 nitrogen and oxygen atoms in total. The van der Waals surface area contributed by atoms with Crippen LogP contribution in [0.15, 0.2) is 96.0 Å². The first-order valence-electron chi connectivity index (χ1n) is 8.92. The number of phenolic OH excluding ortho intramolecular Hbond substituents is 1. The van der Waals surface area contributed by atoms with Gasteiger partial charge in [0.25, 0.3) is 5.91 Å². The average molecular weight is 366 g/mol. The molecule has 0 aromatic heterocycles. The highest BCUT2D eigenvalue weighted by Gasteiger charge is 2.09. The van der Waals surface area contributed by atoms with Crippen molar-refractivity contribution in [1.29, 1.82) is 0 Å². The molecule has 28 heavy (non-hydrogen) atoms. The molecule has 136 valence electrons. The van der Waals surface area contributed by atoms with E-state index in [0.717, 1.165) is 10.8 Å². The van der Waals surface area contributed by atoms with E-state index in [2.05, 4.69) is 10.3 Å². The number of hydrogen-bond donors (Lipinski definition) is 2. The number of rotatable bonds is 4. The van der Waals surface area contributed by atoms with E-state index in [0.29, 0.717) is 22.5 Å². The Labute approximate surface area is 162 Å². The maximum absolute atomic E-state index is 12.5. The molecule has 0 radical (unpaired) electrons. The van der Waals surface area contributed by atoms with Crippen molar-refractivity contribution >= 4 is 34.3 Å². The smallest absolute Gasteiger partial charge is 0.255 e. The first kappa shape index (κ1) is 17.5. The van der Waals surface area contributed by atoms with Gasteiger partial charge in [-0.2, -0.15) is 0 Å². The van der Waals surface area contributed by atoms with Gasteiger partial charge in [0.2, 0.25) is 0 Å². The van der Waals surface area contributed by atoms with Crippen molar-refractivity contribution in [1.82, 2.24) is 0 Å². The van der Waals surface area contributed by atoms with Crippen LogP contribution in [-0.2, 0) is 0 Å². The average Bonchev–Trinajstić information content (AvgIpc) is 2.74. The van der Waals surface area contributed by atoms with Gasteiger partial charge < -0.3 is 10.4 Å². The maximum Gasteiger partial charge on any atom is 0.255 e. The van der Waals surface area contributed by atoms with E-state index in [1.165, 1.54) is 0 Å². The zero-order valence-electron chi connectivity index (χ0n) is 15.0. The van der Waals surface area contributed by atoms with Crippen LogP contribution < -0.4 is 5.32 Å². The van der Waals surface area contributed by atoms with E-state index in [1.807, 2.05) is 66.7 Å². The lowest BCUT2D eigenvalue weighted by molar-refractivity contribution is 0.102. The van der Waals surface area contributed by atoms with Crippen LogP contribution in [0.4, 0.5) is 11.4 Å². The minimum Gasteiger partial charge on any atom is -0.507 e. The molecule has 0 fully saturated rings. The fraction of sp³-hybridized carbons (Fsp3) is 0. The largest absolute Gasteiger partial charge is 0.507 e. The van der Waals surface area contributed by atoms with Crippen molar-refractivity contribution in [3.63, 3.8) is 0 Å². The normalized spacial score (nSPS) is 11.0. The molecule has 1 amide bonds. The molecule has 0 aliphatic rings. The van der Waals surface area contributed by atoms with E-state index >= 15 is 0 Å². The van der Waals surface area contributed by atoms with Gasteiger partial charge in [-0.3, -0.25) is 9.79 Å². The third kappa shape index (κ3) is 3.62. The number of para-hydroxylation sites is 2. The number of fused-ring (bicyclic) bond motifs is 1. The third-order valence-electron chi connectivity index (χ3n) is 4.47. The second-order valence-corrected chi connectivity index (χ2v) is 6.31. The van der Waals surface area contributed by atoms with Gasteiger partial charge in [0.05, 0.1) is 11.4 Å². The highest BCUT2D eigenvalue weighted by atomic mass is 16.3. The number of benzene rings is 4. The van der Waals surface area contributed by atoms with Crippen LogP contribution in [0.2, 0.25) is 0 Å². The molecule has 0 spiro atoms. The Balaban J connectivity index is 1.67. The first-order valence-corrected chi connectivity index (χ1v) is 8.92. The Morgan fingerprint density at radius 2 is 1.54 bits per heavy atom. The highest BCUT2D eigenvalue weighted by Crippen LogP contribution is 2.28. The molecule has 0 unspecified atom stereocenters. The molecule has 4 aromatic rings. The predicted molar refractivity (Wildman–Crippen MR) is 114 cm³/mol. The van der Waals surface area contributed by atoms with E-state index in [9.17, 15) is 9.90 Å². The number of amides is 1. The van der Waals surface area contributed by atoms with Gasteiger partial charge in [-0.25, -0.2) is 0 Å². The topological polar surface area (TPSA) is 61.7 Å². The summed E-state index contributed by atoms with van der Waals surface area (Å²) in [5, 5.41) is 15.1. The van der Waals surface area contributed by atoms with Crippen molar-refractivity contribution in [3.8, 4) is 5.75 Å². The lowest BCUT2D eigenvalue weighted by Crippen LogP contribution is -2.11. The summed E-state index contributed by atoms with van der Waals surface area (Å²) in [7, 11) is 0. The lowest BCUT2D eigenvalue weighted by Gasteiger charge is -2.09. The van der Waals surface area contributed by atoms with E-state index in [1.54, 1.807) is 30.5 Å². The predicted octanol–water partition coefficient (Wildman–Crippen LogP) is 5.55. The van der Waals surface area contributed by atoms with Crippen molar-refractivity contribution in [2.45, 2.75) is 0 Å². The van der Waals surface area contributed by atoms with Gasteiger partial charge in [0, 0.05) is 17.3 Å². The molecule has 4 rings (SSSR count). The molecule has 2 N–H and O–H groups in total. The second kappa shape index (κ2) is 7.76. The molecule has 0 saturated heterocycles. The molecular formula is C24H18N2O2. The zero-order valence-corrected chi connectivity index (χ0v) is 15.0. The van der Waals surface area contributed by atoms with Gasteiger partial charge in [-0.15, -0.1) is 0 Å². The lowest BCUT2D eigenvalue weighted by atomic mass is 10.0. The van der Waals surface area contributed by atoms with Crippen molar-refractivity contribution in [2.24, 2.45) is 4.99 Å². The summed E-state index contributed by atoms with van der Waals surface area (Å²) in [5.74, 6) is -0.0375. The van der Waals surface area contributed by atoms with Gasteiger partial charge >= 0.3 is 0 Å². The minimum atomic E-state index is -0.198. The zero-order chi connectivity index (χ0) is 19.3. The molecule has 0 saturated carbocycles. The van der Waals surface area contributed by atoms with Crippen LogP contribution in [0.1, 0.15) is 15.9 Å². The Kier molecular flexibility index (Phi) is 4.85. The van der Waals surface area contributed by atoms with Gasteiger partial charge in [0.15, 0.2) is 0 Å². The Hall–Kier alpha value is -3.92. The number of phenols is 1. The van der Waals surface area contributed by atoms with Gasteiger partial charge in [0.1, 0.15) is 5.75 Å². The summed E-state index contributed by atoms with van der Waals surface area (Å²) in [6.45, 7) is 0. The van der Waals surface area contributed by atoms with Crippen LogP contribution in [0.5, 0.6) is 5.75 Å². The SMILES string of the molecule is O=C(Nc1ccccc1N=Cc1c(O)ccc2ccccc12)c1ccccc1. The highest BCUT2D eigenvalue weighted by molar-refractivity contribution is 6.07. The number of anilines is 1. The van der Waals surface area contributed by atoms with Crippen molar-refractivity contribution in [3.05, 3.63) is 102 Å². The molecule has 0 bridgehead atoms. The van der Waals surface area contributed by atoms with E-state index < -0.39 is 0 Å². The second-order valence-electron chi connectivity index (χ2n) is 6.31. The van der Waals surface area contributed by atoms with Crippen LogP contribution in [0, 0.1) is 0 Å². The van der Waals surface area contributed by atoms with Gasteiger partial charge in [-0.05, 0) is 41.1 Å². The molecule has 4 heteroatoms. The maximum atomic E-state index is 12.5. The standard InChI is InChI=1S/C24H18N2O2/c27-23-15-14-17-8-4-5-11-19(17)20(23)16-25-21-12-6-7-13-22(21)26-24(28)18-9-2-1-3-10-18/h1-16,27H,(H,26,28). The molecular weight excluding hydrogens is 348 g/mol. The number of aliphatic imine (C=N–C) groups is 1. The Bertz CT molecular complexity index is 1170. The summed E-state index contributed by atoms with van der Waals surface area (Å²) in [6, 6.07) is 27.7. The van der Waals surface area contributed by atoms with Crippen molar-refractivity contribution < 1.29 is 9.90 Å². The van der Waals surface area contributed by atoms with Crippen LogP contribution in [0.25, 0.3) is 10.8 Å². The van der Waals surface area contributed by atoms with Crippen LogP contribution >= 0.6 is 0 Å². The number of aromatic hydroxyl groups is 1. The van der Waals surface area contributed by atoms with Crippen LogP contribution in [0.3, 0.4) is 0 Å². The summed E-state index contributed by atoms with van der Waals surface area (Å²) in [6.07, 6.45) is 1.63. The molecule has 0 heterocycles. The fourth-order valence-electron chi connectivity index (χ4n) is 3.03. The number of carbonyl (C=O) groups excluding carboxylic acids is 1. The van der Waals surface area contributed by atoms with E-state index in [4.69, 9.17) is 0 Å². The number of hydrogen-bond acceptors (Lipinski definition) is 3. The Morgan fingerprint density at radius 1 is 0.821 bits per heavy atom. The summed E-state index contributed by atoms with van der Waals surface area (Å²) >= 11 is 0. The first-order chi connectivity index (χ1) is 13.7. The summed E-state index contributed by atoms with van der Waals surface area (Å²) < 4.78 is 0. The van der Waals surface area contributed by atoms with Crippen molar-refractivity contribution in [2.75, 3.05) is 5.32 Å². The summed E-state index contributed by atoms with van der Waals surface area (Å²) in [4.78, 5) is 17.0.